The van der Waals surface area contributed by atoms with Crippen LogP contribution in [-0.4, -0.2) is 6.88 Å². The monoisotopic (exact) mass is 1010 g/mol. The number of rotatable bonds is 8. The summed E-state index contributed by atoms with van der Waals surface area (Å²) in [7, 11) is 0. The Labute approximate surface area is 442 Å². The molecule has 0 nitrogen and oxygen atoms in total. The average molecular weight is 1020 g/mol. The van der Waals surface area contributed by atoms with Crippen LogP contribution in [0, 0.1) is 82.1 Å². The summed E-state index contributed by atoms with van der Waals surface area (Å²) in [6.45, 7) is 20.7. The topological polar surface area (TPSA) is 0 Å². The van der Waals surface area contributed by atoms with E-state index in [1.165, 1.54) is 235 Å². The Morgan fingerprint density at radius 3 is 0.871 bits per heavy atom. The second-order valence-corrected chi connectivity index (χ2v) is 21.3. The van der Waals surface area contributed by atoms with E-state index < -0.39 is 0 Å². The van der Waals surface area contributed by atoms with Gasteiger partial charge in [-0.1, -0.05) is 252 Å². The molecule has 2 aliphatic carbocycles. The van der Waals surface area contributed by atoms with Crippen LogP contribution in [0.4, 0.5) is 0 Å². The Balaban J connectivity index is 0.000000216. The van der Waals surface area contributed by atoms with E-state index >= 15 is 0 Å². The molecule has 0 heterocycles. The summed E-state index contributed by atoms with van der Waals surface area (Å²) in [6.07, 6.45) is 19.4. The average Bonchev–Trinajstić information content (AvgIpc) is 3.69. The van der Waals surface area contributed by atoms with Crippen LogP contribution in [0.25, 0.3) is 66.1 Å². The summed E-state index contributed by atoms with van der Waals surface area (Å²) >= 11 is 1.36. The molecule has 10 rings (SSSR count). The van der Waals surface area contributed by atoms with Crippen molar-refractivity contribution in [3.63, 3.8) is 0 Å². The number of aryl methyl sites for hydroxylation is 8. The van der Waals surface area contributed by atoms with Crippen molar-refractivity contribution in [2.75, 3.05) is 0 Å². The fraction of sp³-hybridized carbons (Fsp3) is 0.353. The van der Waals surface area contributed by atoms with Gasteiger partial charge in [-0.2, -0.15) is 12.1 Å². The number of benzene rings is 6. The van der Waals surface area contributed by atoms with Crippen LogP contribution in [0.1, 0.15) is 133 Å². The molecule has 0 aromatic heterocycles. The fourth-order valence-electron chi connectivity index (χ4n) is 12.3. The SMILES string of the molecule is Cc1cc(C)cc(-c2ccc(-c3cc(C)cc(C)c3)c3[cH-]c(CC4CCCCCC4)cc23)c1.Cc1cc(C)cc(-c2ccc(-c3cc(C)cc(C)c3)c3[cH-]c(CC4CCCCCC4)cc23)c1.[CH3-].[CH3-].[Si]=[Zr]. The first-order valence-corrected chi connectivity index (χ1v) is 30.2. The Morgan fingerprint density at radius 2 is 0.600 bits per heavy atom. The van der Waals surface area contributed by atoms with Crippen LogP contribution < -0.4 is 0 Å². The van der Waals surface area contributed by atoms with Crippen molar-refractivity contribution in [3.8, 4) is 44.5 Å². The minimum absolute atomic E-state index is 0. The van der Waals surface area contributed by atoms with Crippen LogP contribution in [-0.2, 0) is 36.2 Å². The standard InChI is InChI=1S/2C33H37.2CH3.Si.Zr/c2*1-22-13-23(2)16-28(15-22)30-11-12-31(29-17-24(3)14-25(4)18-29)33-21-27(20-32(30)33)19-26-9-7-5-6-8-10-26;;;;/h2*11-18,20-21,26H,5-10,19H2,1-4H3;2*1H3;;/q4*-1;;. The summed E-state index contributed by atoms with van der Waals surface area (Å²) in [6, 6.07) is 47.3. The normalized spacial score (nSPS) is 14.3. The first kappa shape index (κ1) is 55.0. The van der Waals surface area contributed by atoms with Crippen molar-refractivity contribution in [2.45, 2.75) is 145 Å². The number of hydrogen-bond acceptors (Lipinski definition) is 0. The molecular formula is C68H80SiZr-4. The molecule has 0 atom stereocenters. The first-order chi connectivity index (χ1) is 32.9. The van der Waals surface area contributed by atoms with Crippen LogP contribution in [0.5, 0.6) is 0 Å². The van der Waals surface area contributed by atoms with Crippen molar-refractivity contribution in [2.24, 2.45) is 11.8 Å². The van der Waals surface area contributed by atoms with Gasteiger partial charge in [0.15, 0.2) is 0 Å². The molecule has 2 fully saturated rings. The Morgan fingerprint density at radius 1 is 0.357 bits per heavy atom. The van der Waals surface area contributed by atoms with Crippen molar-refractivity contribution in [1.29, 1.82) is 0 Å². The van der Waals surface area contributed by atoms with Crippen molar-refractivity contribution in [3.05, 3.63) is 192 Å². The third-order valence-corrected chi connectivity index (χ3v) is 15.0. The predicted octanol–water partition coefficient (Wildman–Crippen LogP) is 19.8. The van der Waals surface area contributed by atoms with Gasteiger partial charge >= 0.3 is 30.2 Å². The van der Waals surface area contributed by atoms with E-state index in [1.54, 1.807) is 0 Å². The summed E-state index contributed by atoms with van der Waals surface area (Å²) in [5.74, 6) is 1.69. The molecule has 0 bridgehead atoms. The quantitative estimate of drug-likeness (QED) is 0.0808. The van der Waals surface area contributed by atoms with Crippen LogP contribution in [0.3, 0.4) is 0 Å². The molecule has 2 saturated carbocycles. The van der Waals surface area contributed by atoms with Gasteiger partial charge in [0, 0.05) is 0 Å². The third-order valence-electron chi connectivity index (χ3n) is 15.0. The molecular weight excluding hydrogens is 936 g/mol. The van der Waals surface area contributed by atoms with Gasteiger partial charge in [-0.3, -0.25) is 0 Å². The van der Waals surface area contributed by atoms with E-state index in [9.17, 15) is 0 Å². The van der Waals surface area contributed by atoms with Gasteiger partial charge in [0.2, 0.25) is 0 Å². The second-order valence-electron chi connectivity index (χ2n) is 21.3. The summed E-state index contributed by atoms with van der Waals surface area (Å²) in [5, 5.41) is 5.67. The molecule has 0 unspecified atom stereocenters. The van der Waals surface area contributed by atoms with Crippen LogP contribution in [0.2, 0.25) is 0 Å². The third kappa shape index (κ3) is 13.6. The summed E-state index contributed by atoms with van der Waals surface area (Å²) in [4.78, 5) is 0. The molecule has 2 radical (unpaired) electrons. The Bertz CT molecular complexity index is 2530. The molecule has 2 heteroatoms. The maximum absolute atomic E-state index is 3.06. The number of fused-ring (bicyclic) bond motifs is 2. The molecule has 364 valence electrons. The van der Waals surface area contributed by atoms with Gasteiger partial charge in [0.05, 0.1) is 0 Å². The van der Waals surface area contributed by atoms with Gasteiger partial charge in [-0.05, 0) is 91.2 Å². The van der Waals surface area contributed by atoms with Gasteiger partial charge in [0.1, 0.15) is 0 Å². The van der Waals surface area contributed by atoms with E-state index in [0.29, 0.717) is 0 Å². The van der Waals surface area contributed by atoms with E-state index in [4.69, 9.17) is 0 Å². The molecule has 0 amide bonds. The summed E-state index contributed by atoms with van der Waals surface area (Å²) in [5.41, 5.74) is 24.6. The first-order valence-electron chi connectivity index (χ1n) is 26.0. The minimum atomic E-state index is 0. The molecule has 0 saturated heterocycles. The van der Waals surface area contributed by atoms with Crippen LogP contribution in [0.15, 0.2) is 121 Å². The van der Waals surface area contributed by atoms with E-state index in [2.05, 4.69) is 184 Å². The van der Waals surface area contributed by atoms with Crippen LogP contribution >= 0.6 is 0 Å². The Hall–Kier alpha value is -4.36. The van der Waals surface area contributed by atoms with Gasteiger partial charge in [-0.25, -0.2) is 0 Å². The van der Waals surface area contributed by atoms with E-state index in [-0.39, 0.29) is 14.9 Å². The number of hydrogen-bond donors (Lipinski definition) is 0. The second kappa shape index (κ2) is 25.3. The zero-order chi connectivity index (χ0) is 47.9. The molecule has 8 aromatic carbocycles. The molecule has 0 spiro atoms. The van der Waals surface area contributed by atoms with Crippen molar-refractivity contribution >= 4 is 28.4 Å². The zero-order valence-electron chi connectivity index (χ0n) is 44.6. The van der Waals surface area contributed by atoms with Crippen molar-refractivity contribution in [1.82, 2.24) is 0 Å². The van der Waals surface area contributed by atoms with Gasteiger partial charge < -0.3 is 14.9 Å². The molecule has 70 heavy (non-hydrogen) atoms. The predicted molar refractivity (Wildman–Crippen MR) is 307 cm³/mol. The molecule has 0 aliphatic heterocycles. The van der Waals surface area contributed by atoms with Crippen molar-refractivity contribution < 1.29 is 23.3 Å². The van der Waals surface area contributed by atoms with E-state index in [1.807, 2.05) is 0 Å². The van der Waals surface area contributed by atoms with E-state index in [0.717, 1.165) is 11.8 Å². The molecule has 8 aromatic rings. The maximum atomic E-state index is 3.06. The van der Waals surface area contributed by atoms with Gasteiger partial charge in [-0.15, -0.1) is 44.8 Å². The molecule has 0 N–H and O–H groups in total. The molecule has 2 aliphatic rings. The summed E-state index contributed by atoms with van der Waals surface area (Å²) < 4.78 is 0. The Kier molecular flexibility index (Phi) is 19.9. The zero-order valence-corrected chi connectivity index (χ0v) is 48.1. The van der Waals surface area contributed by atoms with Gasteiger partial charge in [0.25, 0.3) is 0 Å². The fourth-order valence-corrected chi connectivity index (χ4v) is 12.3.